The van der Waals surface area contributed by atoms with Crippen molar-refractivity contribution in [1.82, 2.24) is 14.8 Å². The highest BCUT2D eigenvalue weighted by atomic mass is 35.5. The third-order valence-electron chi connectivity index (χ3n) is 5.61. The fourth-order valence-corrected chi connectivity index (χ4v) is 4.37. The molecule has 1 saturated heterocycles. The van der Waals surface area contributed by atoms with Crippen LogP contribution >= 0.6 is 11.6 Å². The second-order valence-electron chi connectivity index (χ2n) is 8.21. The Labute approximate surface area is 195 Å². The Balaban J connectivity index is 1.85. The lowest BCUT2D eigenvalue weighted by Gasteiger charge is -2.39. The van der Waals surface area contributed by atoms with Gasteiger partial charge in [0, 0.05) is 25.7 Å². The molecule has 1 aromatic heterocycles. The van der Waals surface area contributed by atoms with E-state index in [1.807, 2.05) is 13.8 Å². The van der Waals surface area contributed by atoms with Crippen LogP contribution in [0, 0.1) is 5.82 Å². The average molecular weight is 475 g/mol. The maximum atomic E-state index is 14.7. The van der Waals surface area contributed by atoms with E-state index in [1.54, 1.807) is 9.80 Å². The molecule has 8 nitrogen and oxygen atoms in total. The Bertz CT molecular complexity index is 1120. The quantitative estimate of drug-likeness (QED) is 0.660. The van der Waals surface area contributed by atoms with Crippen LogP contribution in [0.4, 0.5) is 10.2 Å². The van der Waals surface area contributed by atoms with E-state index in [9.17, 15) is 19.1 Å². The summed E-state index contributed by atoms with van der Waals surface area (Å²) in [6, 6.07) is 3.36. The van der Waals surface area contributed by atoms with Gasteiger partial charge in [0.2, 0.25) is 5.91 Å². The number of phenols is 1. The SMILES string of the molecule is C=CC(=O)N1CCN2C(=O)c3c(NC(C)C)nc(-c4c(O)cccc4F)c(Cl)c3OC[C@H]2C1. The third kappa shape index (κ3) is 4.08. The number of amides is 2. The maximum absolute atomic E-state index is 14.7. The minimum absolute atomic E-state index is 0.0368. The molecule has 2 aromatic rings. The van der Waals surface area contributed by atoms with E-state index < -0.39 is 11.9 Å². The first-order chi connectivity index (χ1) is 15.7. The number of anilines is 1. The van der Waals surface area contributed by atoms with Gasteiger partial charge < -0.3 is 25.0 Å². The number of fused-ring (bicyclic) bond motifs is 2. The summed E-state index contributed by atoms with van der Waals surface area (Å²) in [5, 5.41) is 13.3. The van der Waals surface area contributed by atoms with Crippen molar-refractivity contribution in [3.63, 3.8) is 0 Å². The van der Waals surface area contributed by atoms with Crippen LogP contribution in [0.5, 0.6) is 11.5 Å². The third-order valence-corrected chi connectivity index (χ3v) is 5.96. The summed E-state index contributed by atoms with van der Waals surface area (Å²) in [5.74, 6) is -1.37. The molecular weight excluding hydrogens is 451 g/mol. The predicted molar refractivity (Wildman–Crippen MR) is 122 cm³/mol. The Kier molecular flexibility index (Phi) is 6.16. The molecule has 1 aromatic carbocycles. The molecule has 0 saturated carbocycles. The molecule has 1 fully saturated rings. The van der Waals surface area contributed by atoms with Crippen LogP contribution in [0.25, 0.3) is 11.3 Å². The molecule has 3 heterocycles. The van der Waals surface area contributed by atoms with Gasteiger partial charge >= 0.3 is 0 Å². The van der Waals surface area contributed by atoms with Gasteiger partial charge in [0.1, 0.15) is 40.3 Å². The van der Waals surface area contributed by atoms with Gasteiger partial charge in [-0.05, 0) is 32.1 Å². The van der Waals surface area contributed by atoms with E-state index in [0.29, 0.717) is 13.1 Å². The van der Waals surface area contributed by atoms with Crippen LogP contribution in [0.3, 0.4) is 0 Å². The number of halogens is 2. The standard InChI is InChI=1S/C23H24ClFN4O4/c1-4-16(31)28-8-9-29-13(10-28)11-33-21-18(23(29)32)22(26-12(2)3)27-20(19(21)24)17-14(25)6-5-7-15(17)30/h4-7,12-13,30H,1,8-11H2,2-3H3,(H,26,27)/t13-/m1/s1. The predicted octanol–water partition coefficient (Wildman–Crippen LogP) is 3.30. The first-order valence-corrected chi connectivity index (χ1v) is 10.9. The normalized spacial score (nSPS) is 17.7. The number of nitrogens with zero attached hydrogens (tertiary/aromatic N) is 3. The molecule has 0 bridgehead atoms. The highest BCUT2D eigenvalue weighted by molar-refractivity contribution is 6.35. The number of carbonyl (C=O) groups excluding carboxylic acids is 2. The summed E-state index contributed by atoms with van der Waals surface area (Å²) < 4.78 is 20.7. The van der Waals surface area contributed by atoms with Gasteiger partial charge in [0.05, 0.1) is 11.6 Å². The number of phenolic OH excluding ortho intramolecular Hbond substituents is 1. The fourth-order valence-electron chi connectivity index (χ4n) is 4.08. The Morgan fingerprint density at radius 2 is 2.15 bits per heavy atom. The van der Waals surface area contributed by atoms with Gasteiger partial charge in [-0.25, -0.2) is 9.37 Å². The summed E-state index contributed by atoms with van der Waals surface area (Å²) in [6.45, 7) is 8.28. The monoisotopic (exact) mass is 474 g/mol. The number of hydrogen-bond donors (Lipinski definition) is 2. The molecule has 2 aliphatic heterocycles. The summed E-state index contributed by atoms with van der Waals surface area (Å²) in [5.41, 5.74) is -0.0811. The molecule has 2 aliphatic rings. The molecule has 0 radical (unpaired) electrons. The van der Waals surface area contributed by atoms with Crippen molar-refractivity contribution in [1.29, 1.82) is 0 Å². The van der Waals surface area contributed by atoms with Crippen LogP contribution in [-0.4, -0.2) is 70.0 Å². The van der Waals surface area contributed by atoms with Crippen molar-refractivity contribution >= 4 is 29.2 Å². The molecular formula is C23H24ClFN4O4. The highest BCUT2D eigenvalue weighted by Crippen LogP contribution is 2.45. The number of carbonyl (C=O) groups is 2. The lowest BCUT2D eigenvalue weighted by atomic mass is 10.1. The van der Waals surface area contributed by atoms with E-state index in [4.69, 9.17) is 16.3 Å². The molecule has 0 unspecified atom stereocenters. The Hall–Kier alpha value is -3.33. The van der Waals surface area contributed by atoms with Crippen LogP contribution < -0.4 is 10.1 Å². The van der Waals surface area contributed by atoms with Crippen molar-refractivity contribution < 1.29 is 23.8 Å². The minimum atomic E-state index is -0.712. The van der Waals surface area contributed by atoms with E-state index in [1.165, 1.54) is 24.3 Å². The van der Waals surface area contributed by atoms with E-state index in [2.05, 4.69) is 16.9 Å². The summed E-state index contributed by atoms with van der Waals surface area (Å²) in [6.07, 6.45) is 1.24. The lowest BCUT2D eigenvalue weighted by molar-refractivity contribution is -0.128. The molecule has 174 valence electrons. The second kappa shape index (κ2) is 8.90. The van der Waals surface area contributed by atoms with Gasteiger partial charge in [0.25, 0.3) is 5.91 Å². The molecule has 2 N–H and O–H groups in total. The fraction of sp³-hybridized carbons (Fsp3) is 0.348. The molecule has 2 amide bonds. The highest BCUT2D eigenvalue weighted by Gasteiger charge is 2.40. The Morgan fingerprint density at radius 1 is 1.39 bits per heavy atom. The zero-order chi connectivity index (χ0) is 23.9. The van der Waals surface area contributed by atoms with Crippen LogP contribution in [-0.2, 0) is 4.79 Å². The van der Waals surface area contributed by atoms with E-state index in [0.717, 1.165) is 0 Å². The number of ether oxygens (including phenoxy) is 1. The van der Waals surface area contributed by atoms with Gasteiger partial charge in [-0.1, -0.05) is 24.2 Å². The van der Waals surface area contributed by atoms with Crippen molar-refractivity contribution in [2.45, 2.75) is 25.9 Å². The summed E-state index contributed by atoms with van der Waals surface area (Å²) in [4.78, 5) is 33.4. The second-order valence-corrected chi connectivity index (χ2v) is 8.59. The zero-order valence-corrected chi connectivity index (χ0v) is 19.0. The zero-order valence-electron chi connectivity index (χ0n) is 18.3. The van der Waals surface area contributed by atoms with E-state index in [-0.39, 0.29) is 70.2 Å². The number of nitrogens with one attached hydrogen (secondary N) is 1. The maximum Gasteiger partial charge on any atom is 0.261 e. The number of pyridine rings is 1. The van der Waals surface area contributed by atoms with Gasteiger partial charge in [-0.3, -0.25) is 9.59 Å². The number of piperazine rings is 1. The van der Waals surface area contributed by atoms with Gasteiger partial charge in [0.15, 0.2) is 5.75 Å². The minimum Gasteiger partial charge on any atom is -0.507 e. The number of rotatable bonds is 4. The smallest absolute Gasteiger partial charge is 0.261 e. The molecule has 33 heavy (non-hydrogen) atoms. The summed E-state index contributed by atoms with van der Waals surface area (Å²) >= 11 is 6.61. The lowest BCUT2D eigenvalue weighted by Crippen LogP contribution is -2.57. The number of hydrogen-bond acceptors (Lipinski definition) is 6. The Morgan fingerprint density at radius 3 is 2.82 bits per heavy atom. The molecule has 4 rings (SSSR count). The van der Waals surface area contributed by atoms with Crippen LogP contribution in [0.1, 0.15) is 24.2 Å². The largest absolute Gasteiger partial charge is 0.507 e. The van der Waals surface area contributed by atoms with E-state index >= 15 is 0 Å². The van der Waals surface area contributed by atoms with Crippen molar-refractivity contribution in [2.24, 2.45) is 0 Å². The number of aromatic hydroxyl groups is 1. The first kappa shape index (κ1) is 22.8. The van der Waals surface area contributed by atoms with Crippen molar-refractivity contribution in [3.05, 3.63) is 47.3 Å². The molecule has 10 heteroatoms. The van der Waals surface area contributed by atoms with Crippen molar-refractivity contribution in [2.75, 3.05) is 31.6 Å². The molecule has 1 atom stereocenters. The number of aromatic nitrogens is 1. The number of benzene rings is 1. The van der Waals surface area contributed by atoms with Gasteiger partial charge in [-0.2, -0.15) is 0 Å². The average Bonchev–Trinajstić information content (AvgIpc) is 2.92. The topological polar surface area (TPSA) is 95.0 Å². The molecule has 0 aliphatic carbocycles. The summed E-state index contributed by atoms with van der Waals surface area (Å²) in [7, 11) is 0. The molecule has 0 spiro atoms. The van der Waals surface area contributed by atoms with Crippen molar-refractivity contribution in [3.8, 4) is 22.8 Å². The van der Waals surface area contributed by atoms with Crippen LogP contribution in [0.2, 0.25) is 5.02 Å². The van der Waals surface area contributed by atoms with Crippen LogP contribution in [0.15, 0.2) is 30.9 Å². The van der Waals surface area contributed by atoms with Gasteiger partial charge in [-0.15, -0.1) is 0 Å². The first-order valence-electron chi connectivity index (χ1n) is 10.6.